The highest BCUT2D eigenvalue weighted by Gasteiger charge is 2.60. The molecule has 1 saturated carbocycles. The van der Waals surface area contributed by atoms with E-state index >= 15 is 0 Å². The first-order chi connectivity index (χ1) is 21.4. The van der Waals surface area contributed by atoms with Crippen molar-refractivity contribution >= 4 is 23.1 Å². The van der Waals surface area contributed by atoms with Gasteiger partial charge in [-0.25, -0.2) is 0 Å². The standard InChI is InChI=1S/C37H36O8/c1-19-6-4-7-21(14-19)8-5-9-22-10-13-30(45-3)26(15-22)25-11-12-28(39)33-27(25)17-23-16-24-18-29(40)31(20(2)38)35(42)37(24,44)36(43)32(23)34(33)41/h4,6-7,10-15,23-24,39,41-42,44H,5,8-9,16-18H2,1-3H3/t23-,24+,37-/m0/s1. The first kappa shape index (κ1) is 30.3. The topological polar surface area (TPSA) is 141 Å². The Labute approximate surface area is 261 Å². The van der Waals surface area contributed by atoms with Gasteiger partial charge in [0, 0.05) is 23.5 Å². The van der Waals surface area contributed by atoms with Crippen molar-refractivity contribution in [3.05, 3.63) is 99.3 Å². The Morgan fingerprint density at radius 3 is 2.38 bits per heavy atom. The number of ketones is 3. The fourth-order valence-corrected chi connectivity index (χ4v) is 7.47. The lowest BCUT2D eigenvalue weighted by atomic mass is 9.59. The number of aliphatic hydroxyl groups excluding tert-OH is 2. The smallest absolute Gasteiger partial charge is 0.202 e. The largest absolute Gasteiger partial charge is 0.508 e. The third-order valence-corrected chi connectivity index (χ3v) is 9.62. The van der Waals surface area contributed by atoms with Crippen LogP contribution in [0.1, 0.15) is 54.0 Å². The summed E-state index contributed by atoms with van der Waals surface area (Å²) in [6, 6.07) is 17.7. The van der Waals surface area contributed by atoms with Gasteiger partial charge in [0.15, 0.2) is 17.2 Å². The molecular weight excluding hydrogens is 572 g/mol. The second-order valence-electron chi connectivity index (χ2n) is 12.5. The van der Waals surface area contributed by atoms with E-state index in [4.69, 9.17) is 4.74 Å². The lowest BCUT2D eigenvalue weighted by Gasteiger charge is -2.46. The highest BCUT2D eigenvalue weighted by Crippen LogP contribution is 2.53. The summed E-state index contributed by atoms with van der Waals surface area (Å²) in [4.78, 5) is 38.7. The highest BCUT2D eigenvalue weighted by atomic mass is 16.5. The van der Waals surface area contributed by atoms with Crippen LogP contribution < -0.4 is 4.74 Å². The summed E-state index contributed by atoms with van der Waals surface area (Å²) in [6.07, 6.45) is 2.75. The zero-order valence-corrected chi connectivity index (χ0v) is 25.5. The number of phenols is 1. The van der Waals surface area contributed by atoms with Crippen LogP contribution in [0.2, 0.25) is 0 Å². The van der Waals surface area contributed by atoms with Crippen LogP contribution in [0.3, 0.4) is 0 Å². The van der Waals surface area contributed by atoms with Crippen molar-refractivity contribution in [3.63, 3.8) is 0 Å². The van der Waals surface area contributed by atoms with Crippen LogP contribution in [0.15, 0.2) is 71.5 Å². The van der Waals surface area contributed by atoms with E-state index in [9.17, 15) is 34.8 Å². The minimum Gasteiger partial charge on any atom is -0.508 e. The number of hydrogen-bond donors (Lipinski definition) is 4. The zero-order valence-electron chi connectivity index (χ0n) is 25.5. The highest BCUT2D eigenvalue weighted by molar-refractivity contribution is 6.23. The van der Waals surface area contributed by atoms with E-state index in [1.54, 1.807) is 13.2 Å². The predicted molar refractivity (Wildman–Crippen MR) is 168 cm³/mol. The molecule has 3 aliphatic carbocycles. The first-order valence-electron chi connectivity index (χ1n) is 15.2. The zero-order chi connectivity index (χ0) is 32.2. The molecule has 3 aliphatic rings. The molecule has 4 N–H and O–H groups in total. The van der Waals surface area contributed by atoms with Crippen molar-refractivity contribution in [2.45, 2.75) is 58.0 Å². The van der Waals surface area contributed by atoms with Crippen LogP contribution in [0.4, 0.5) is 0 Å². The molecule has 1 fully saturated rings. The Balaban J connectivity index is 1.40. The summed E-state index contributed by atoms with van der Waals surface area (Å²) in [5.41, 5.74) is 2.55. The summed E-state index contributed by atoms with van der Waals surface area (Å²) < 4.78 is 5.73. The number of aryl methyl sites for hydroxylation is 3. The van der Waals surface area contributed by atoms with Crippen molar-refractivity contribution in [1.29, 1.82) is 0 Å². The number of phenolic OH excluding ortho intramolecular Hbond substituents is 1. The van der Waals surface area contributed by atoms with Gasteiger partial charge in [-0.2, -0.15) is 0 Å². The molecule has 0 bridgehead atoms. The van der Waals surface area contributed by atoms with Crippen LogP contribution in [0.5, 0.6) is 11.5 Å². The van der Waals surface area contributed by atoms with E-state index in [2.05, 4.69) is 37.3 Å². The van der Waals surface area contributed by atoms with Crippen LogP contribution in [-0.4, -0.2) is 50.5 Å². The molecule has 3 aromatic rings. The number of aromatic hydroxyl groups is 1. The molecule has 8 heteroatoms. The van der Waals surface area contributed by atoms with Gasteiger partial charge in [-0.1, -0.05) is 42.0 Å². The summed E-state index contributed by atoms with van der Waals surface area (Å²) in [5, 5.41) is 44.9. The summed E-state index contributed by atoms with van der Waals surface area (Å²) >= 11 is 0. The van der Waals surface area contributed by atoms with Gasteiger partial charge in [-0.3, -0.25) is 14.4 Å². The summed E-state index contributed by atoms with van der Waals surface area (Å²) in [6.45, 7) is 3.17. The molecule has 8 nitrogen and oxygen atoms in total. The number of benzene rings is 3. The average molecular weight is 609 g/mol. The lowest BCUT2D eigenvalue weighted by Crippen LogP contribution is -2.57. The molecule has 232 valence electrons. The third kappa shape index (κ3) is 4.93. The van der Waals surface area contributed by atoms with Gasteiger partial charge in [-0.15, -0.1) is 0 Å². The molecule has 0 aliphatic heterocycles. The van der Waals surface area contributed by atoms with Crippen LogP contribution in [-0.2, 0) is 33.6 Å². The number of Topliss-reactive ketones (excluding diaryl/α,β-unsaturated/α-hetero) is 3. The molecule has 45 heavy (non-hydrogen) atoms. The number of carbonyl (C=O) groups is 3. The molecular formula is C37H36O8. The van der Waals surface area contributed by atoms with Gasteiger partial charge < -0.3 is 25.2 Å². The number of methoxy groups -OCH3 is 1. The van der Waals surface area contributed by atoms with Crippen LogP contribution in [0, 0.1) is 18.8 Å². The quantitative estimate of drug-likeness (QED) is 0.251. The average Bonchev–Trinajstić information content (AvgIpc) is 2.99. The van der Waals surface area contributed by atoms with E-state index in [1.807, 2.05) is 12.1 Å². The minimum absolute atomic E-state index is 0.0724. The Morgan fingerprint density at radius 1 is 0.956 bits per heavy atom. The lowest BCUT2D eigenvalue weighted by molar-refractivity contribution is -0.147. The van der Waals surface area contributed by atoms with E-state index in [1.165, 1.54) is 17.2 Å². The molecule has 0 saturated heterocycles. The van der Waals surface area contributed by atoms with E-state index in [0.717, 1.165) is 42.9 Å². The Bertz CT molecular complexity index is 1830. The van der Waals surface area contributed by atoms with Crippen molar-refractivity contribution in [1.82, 2.24) is 0 Å². The summed E-state index contributed by atoms with van der Waals surface area (Å²) in [7, 11) is 1.58. The van der Waals surface area contributed by atoms with Gasteiger partial charge in [-0.05, 0) is 92.3 Å². The van der Waals surface area contributed by atoms with Gasteiger partial charge in [0.2, 0.25) is 5.78 Å². The normalized spacial score (nSPS) is 22.6. The number of carbonyl (C=O) groups excluding carboxylic acids is 3. The third-order valence-electron chi connectivity index (χ3n) is 9.62. The number of allylic oxidation sites excluding steroid dienone is 1. The fourth-order valence-electron chi connectivity index (χ4n) is 7.47. The number of rotatable bonds is 7. The second-order valence-corrected chi connectivity index (χ2v) is 12.5. The summed E-state index contributed by atoms with van der Waals surface area (Å²) in [5.74, 6) is -5.00. The fraction of sp³-hybridized carbons (Fsp3) is 0.324. The van der Waals surface area contributed by atoms with Crippen molar-refractivity contribution in [2.75, 3.05) is 7.11 Å². The van der Waals surface area contributed by atoms with Crippen LogP contribution in [0.25, 0.3) is 16.9 Å². The molecule has 0 amide bonds. The molecule has 6 rings (SSSR count). The molecule has 0 aromatic heterocycles. The van der Waals surface area contributed by atoms with Gasteiger partial charge in [0.25, 0.3) is 0 Å². The molecule has 0 unspecified atom stereocenters. The number of hydrogen-bond acceptors (Lipinski definition) is 8. The Kier molecular flexibility index (Phi) is 7.65. The van der Waals surface area contributed by atoms with Crippen molar-refractivity contribution in [2.24, 2.45) is 11.8 Å². The van der Waals surface area contributed by atoms with Crippen molar-refractivity contribution < 1.29 is 39.5 Å². The molecule has 3 aromatic carbocycles. The molecule has 0 heterocycles. The molecule has 3 atom stereocenters. The Morgan fingerprint density at radius 2 is 1.69 bits per heavy atom. The monoisotopic (exact) mass is 608 g/mol. The van der Waals surface area contributed by atoms with Gasteiger partial charge >= 0.3 is 0 Å². The van der Waals surface area contributed by atoms with E-state index in [-0.39, 0.29) is 36.1 Å². The van der Waals surface area contributed by atoms with Crippen LogP contribution >= 0.6 is 0 Å². The maximum Gasteiger partial charge on any atom is 0.202 e. The number of ether oxygens (including phenoxy) is 1. The minimum atomic E-state index is -2.52. The number of aliphatic hydroxyl groups is 3. The van der Waals surface area contributed by atoms with Gasteiger partial charge in [0.1, 0.15) is 28.6 Å². The van der Waals surface area contributed by atoms with Crippen molar-refractivity contribution in [3.8, 4) is 22.6 Å². The Hall–Kier alpha value is -4.69. The molecule has 0 radical (unpaired) electrons. The maximum absolute atomic E-state index is 13.9. The van der Waals surface area contributed by atoms with E-state index in [0.29, 0.717) is 11.3 Å². The first-order valence-corrected chi connectivity index (χ1v) is 15.2. The van der Waals surface area contributed by atoms with E-state index < -0.39 is 51.9 Å². The molecule has 0 spiro atoms. The SMILES string of the molecule is COc1ccc(CCCc2cccc(C)c2)cc1-c1ccc(O)c2c1C[C@@H]1C[C@@H]3CC(=O)C(C(C)=O)=C(O)[C@]3(O)C(=O)C1=C2O. The maximum atomic E-state index is 13.9. The second kappa shape index (κ2) is 11.3. The van der Waals surface area contributed by atoms with Gasteiger partial charge in [0.05, 0.1) is 12.7 Å². The number of fused-ring (bicyclic) bond motifs is 3. The predicted octanol–water partition coefficient (Wildman–Crippen LogP) is 5.69.